The fraction of sp³-hybridized carbons (Fsp3) is 0.200. The fourth-order valence-corrected chi connectivity index (χ4v) is 9.03. The number of amides is 1. The van der Waals surface area contributed by atoms with E-state index in [0.29, 0.717) is 22.0 Å². The number of carbonyl (C=O) groups is 1. The van der Waals surface area contributed by atoms with Gasteiger partial charge in [-0.2, -0.15) is 9.45 Å². The average Bonchev–Trinajstić information content (AvgIpc) is 3.23. The predicted molar refractivity (Wildman–Crippen MR) is 220 cm³/mol. The number of aryl methyl sites for hydroxylation is 1. The minimum absolute atomic E-state index is 0.0620. The van der Waals surface area contributed by atoms with Gasteiger partial charge < -0.3 is 25.1 Å². The van der Waals surface area contributed by atoms with Crippen molar-refractivity contribution in [1.29, 1.82) is 0 Å². The summed E-state index contributed by atoms with van der Waals surface area (Å²) < 4.78 is 44.1. The summed E-state index contributed by atoms with van der Waals surface area (Å²) in [7, 11) is -4.05. The third kappa shape index (κ3) is 9.98. The second-order valence-electron chi connectivity index (χ2n) is 13.9. The van der Waals surface area contributed by atoms with Gasteiger partial charge in [0.05, 0.1) is 23.7 Å². The molecule has 1 aliphatic rings. The standard InChI is InChI=1S/C45H43N3O7S2/c1-31-18-24-38(25-19-31)57(52,53)47-39(27-32-11-4-2-5-12-32)44(50)46-37-16-10-15-36(28-37)45-54-40(30-56-41-17-8-9-26-48(41)51)42(34-13-6-3-7-14-34)43(55-45)35-22-20-33(29-49)21-23-35/h2-26,28,39-40,42-43,45,47,49H,27,29-30H2,1H3,(H,46,50). The van der Waals surface area contributed by atoms with Crippen LogP contribution in [0.4, 0.5) is 5.69 Å². The highest BCUT2D eigenvalue weighted by Crippen LogP contribution is 2.48. The normalized spacial score (nSPS) is 18.8. The van der Waals surface area contributed by atoms with E-state index < -0.39 is 40.5 Å². The summed E-state index contributed by atoms with van der Waals surface area (Å²) in [6.07, 6.45) is -0.236. The van der Waals surface area contributed by atoms with Gasteiger partial charge >= 0.3 is 0 Å². The van der Waals surface area contributed by atoms with E-state index in [-0.39, 0.29) is 23.8 Å². The van der Waals surface area contributed by atoms with Crippen molar-refractivity contribution >= 4 is 33.4 Å². The van der Waals surface area contributed by atoms with Crippen LogP contribution in [-0.2, 0) is 37.3 Å². The molecule has 0 radical (unpaired) electrons. The van der Waals surface area contributed by atoms with Crippen molar-refractivity contribution in [2.45, 2.75) is 60.3 Å². The van der Waals surface area contributed by atoms with E-state index in [0.717, 1.165) is 32.5 Å². The molecule has 2 heterocycles. The lowest BCUT2D eigenvalue weighted by atomic mass is 9.84. The Morgan fingerprint density at radius 3 is 2.18 bits per heavy atom. The molecule has 5 unspecified atom stereocenters. The number of aliphatic hydroxyl groups excluding tert-OH is 1. The molecule has 1 aliphatic heterocycles. The Hall–Kier alpha value is -5.34. The van der Waals surface area contributed by atoms with E-state index >= 15 is 0 Å². The van der Waals surface area contributed by atoms with E-state index in [1.807, 2.05) is 104 Å². The van der Waals surface area contributed by atoms with E-state index in [4.69, 9.17) is 9.47 Å². The lowest BCUT2D eigenvalue weighted by Crippen LogP contribution is -2.45. The Morgan fingerprint density at radius 2 is 1.47 bits per heavy atom. The van der Waals surface area contributed by atoms with Crippen LogP contribution >= 0.6 is 11.8 Å². The highest BCUT2D eigenvalue weighted by atomic mass is 32.2. The van der Waals surface area contributed by atoms with Gasteiger partial charge in [-0.3, -0.25) is 4.79 Å². The maximum absolute atomic E-state index is 14.0. The van der Waals surface area contributed by atoms with Gasteiger partial charge in [-0.15, -0.1) is 0 Å². The molecule has 57 heavy (non-hydrogen) atoms. The second-order valence-corrected chi connectivity index (χ2v) is 16.6. The molecular formula is C45H43N3O7S2. The minimum atomic E-state index is -4.05. The molecular weight excluding hydrogens is 759 g/mol. The van der Waals surface area contributed by atoms with Gasteiger partial charge in [0.25, 0.3) is 5.03 Å². The SMILES string of the molecule is Cc1ccc(S(=O)(=O)NC(Cc2ccccc2)C(=O)Nc2cccc(C3OC(CSc4cccc[n+]4[O-])C(c4ccccc4)C(c4ccc(CO)cc4)O3)c2)cc1. The molecule has 1 aromatic heterocycles. The van der Waals surface area contributed by atoms with Gasteiger partial charge in [0.15, 0.2) is 12.5 Å². The van der Waals surface area contributed by atoms with Crippen molar-refractivity contribution in [2.75, 3.05) is 11.1 Å². The largest absolute Gasteiger partial charge is 0.618 e. The summed E-state index contributed by atoms with van der Waals surface area (Å²) in [6, 6.07) is 44.6. The monoisotopic (exact) mass is 801 g/mol. The van der Waals surface area contributed by atoms with Crippen LogP contribution in [0.1, 0.15) is 51.7 Å². The summed E-state index contributed by atoms with van der Waals surface area (Å²) in [5, 5.41) is 25.9. The zero-order valence-electron chi connectivity index (χ0n) is 31.2. The van der Waals surface area contributed by atoms with Gasteiger partial charge in [-0.25, -0.2) is 8.42 Å². The van der Waals surface area contributed by atoms with Crippen molar-refractivity contribution in [3.05, 3.63) is 196 Å². The van der Waals surface area contributed by atoms with Crippen LogP contribution < -0.4 is 14.8 Å². The first-order valence-corrected chi connectivity index (χ1v) is 21.0. The lowest BCUT2D eigenvalue weighted by Gasteiger charge is -2.43. The fourth-order valence-electron chi connectivity index (χ4n) is 6.85. The molecule has 292 valence electrons. The number of carbonyl (C=O) groups excluding carboxylic acids is 1. The molecule has 7 rings (SSSR count). The average molecular weight is 802 g/mol. The van der Waals surface area contributed by atoms with Crippen LogP contribution in [0, 0.1) is 12.1 Å². The van der Waals surface area contributed by atoms with Crippen LogP contribution in [0.3, 0.4) is 0 Å². The highest BCUT2D eigenvalue weighted by Gasteiger charge is 2.42. The van der Waals surface area contributed by atoms with Crippen LogP contribution in [0.5, 0.6) is 0 Å². The molecule has 12 heteroatoms. The number of thioether (sulfide) groups is 1. The van der Waals surface area contributed by atoms with Gasteiger partial charge in [0.1, 0.15) is 6.04 Å². The Balaban J connectivity index is 1.19. The van der Waals surface area contributed by atoms with Crippen molar-refractivity contribution in [3.63, 3.8) is 0 Å². The van der Waals surface area contributed by atoms with Crippen molar-refractivity contribution < 1.29 is 32.5 Å². The van der Waals surface area contributed by atoms with Crippen LogP contribution in [0.15, 0.2) is 168 Å². The van der Waals surface area contributed by atoms with Crippen molar-refractivity contribution in [1.82, 2.24) is 4.72 Å². The first-order chi connectivity index (χ1) is 27.7. The first kappa shape index (κ1) is 39.9. The summed E-state index contributed by atoms with van der Waals surface area (Å²) in [6.45, 7) is 1.78. The number of nitrogens with one attached hydrogen (secondary N) is 2. The molecule has 10 nitrogen and oxygen atoms in total. The number of nitrogens with zero attached hydrogens (tertiary/aromatic N) is 1. The molecule has 0 bridgehead atoms. The maximum atomic E-state index is 14.0. The number of benzene rings is 5. The number of aliphatic hydroxyl groups is 1. The zero-order valence-corrected chi connectivity index (χ0v) is 32.8. The van der Waals surface area contributed by atoms with Crippen LogP contribution in [0.25, 0.3) is 0 Å². The molecule has 1 saturated heterocycles. The van der Waals surface area contributed by atoms with Gasteiger partial charge in [0.2, 0.25) is 15.9 Å². The van der Waals surface area contributed by atoms with Crippen LogP contribution in [0.2, 0.25) is 0 Å². The van der Waals surface area contributed by atoms with Crippen molar-refractivity contribution in [2.24, 2.45) is 0 Å². The predicted octanol–water partition coefficient (Wildman–Crippen LogP) is 7.38. The molecule has 6 aromatic rings. The number of anilines is 1. The number of hydrogen-bond acceptors (Lipinski definition) is 8. The smallest absolute Gasteiger partial charge is 0.251 e. The Labute approximate surface area is 337 Å². The summed E-state index contributed by atoms with van der Waals surface area (Å²) >= 11 is 1.40. The molecule has 5 aromatic carbocycles. The lowest BCUT2D eigenvalue weighted by molar-refractivity contribution is -0.645. The number of rotatable bonds is 14. The van der Waals surface area contributed by atoms with E-state index in [1.54, 1.807) is 42.5 Å². The molecule has 5 atom stereocenters. The van der Waals surface area contributed by atoms with Crippen LogP contribution in [-0.4, -0.2) is 37.3 Å². The molecule has 1 fully saturated rings. The molecule has 1 amide bonds. The topological polar surface area (TPSA) is 141 Å². The van der Waals surface area contributed by atoms with E-state index in [1.165, 1.54) is 30.1 Å². The minimum Gasteiger partial charge on any atom is -0.618 e. The van der Waals surface area contributed by atoms with E-state index in [9.17, 15) is 23.5 Å². The molecule has 0 spiro atoms. The summed E-state index contributed by atoms with van der Waals surface area (Å²) in [4.78, 5) is 14.1. The molecule has 0 aliphatic carbocycles. The number of ether oxygens (including phenoxy) is 2. The van der Waals surface area contributed by atoms with Gasteiger partial charge in [-0.05, 0) is 65.9 Å². The third-order valence-electron chi connectivity index (χ3n) is 9.81. The third-order valence-corrected chi connectivity index (χ3v) is 12.4. The summed E-state index contributed by atoms with van der Waals surface area (Å²) in [5.74, 6) is -0.386. The number of aromatic nitrogens is 1. The molecule has 3 N–H and O–H groups in total. The molecule has 0 saturated carbocycles. The number of pyridine rings is 1. The highest BCUT2D eigenvalue weighted by molar-refractivity contribution is 7.99. The van der Waals surface area contributed by atoms with Gasteiger partial charge in [-0.1, -0.05) is 127 Å². The Morgan fingerprint density at radius 1 is 0.789 bits per heavy atom. The van der Waals surface area contributed by atoms with E-state index in [2.05, 4.69) is 10.0 Å². The number of hydrogen-bond donors (Lipinski definition) is 3. The second kappa shape index (κ2) is 18.3. The van der Waals surface area contributed by atoms with Crippen molar-refractivity contribution in [3.8, 4) is 0 Å². The maximum Gasteiger partial charge on any atom is 0.251 e. The first-order valence-electron chi connectivity index (χ1n) is 18.6. The quantitative estimate of drug-likeness (QED) is 0.0589. The van der Waals surface area contributed by atoms with Gasteiger partial charge in [0, 0.05) is 35.1 Å². The summed E-state index contributed by atoms with van der Waals surface area (Å²) in [5.41, 5.74) is 5.41. The Kier molecular flexibility index (Phi) is 12.8. The zero-order chi connectivity index (χ0) is 39.8. The Bertz CT molecular complexity index is 2370. The number of sulfonamides is 1.